The summed E-state index contributed by atoms with van der Waals surface area (Å²) in [7, 11) is 0. The normalized spacial score (nSPS) is 11.9. The van der Waals surface area contributed by atoms with Crippen LogP contribution >= 0.6 is 0 Å². The first kappa shape index (κ1) is 21.0. The van der Waals surface area contributed by atoms with Crippen LogP contribution < -0.4 is 10.6 Å². The Kier molecular flexibility index (Phi) is 7.63. The van der Waals surface area contributed by atoms with E-state index in [1.54, 1.807) is 0 Å². The van der Waals surface area contributed by atoms with E-state index in [0.717, 1.165) is 35.4 Å². The molecule has 2 aromatic carbocycles. The van der Waals surface area contributed by atoms with Gasteiger partial charge in [-0.05, 0) is 50.5 Å². The smallest absolute Gasteiger partial charge is 0.306 e. The highest BCUT2D eigenvalue weighted by atomic mass is 16.2. The second-order valence-corrected chi connectivity index (χ2v) is 6.38. The van der Waals surface area contributed by atoms with E-state index in [4.69, 9.17) is 0 Å². The van der Waals surface area contributed by atoms with Crippen molar-refractivity contribution in [2.75, 3.05) is 10.6 Å². The van der Waals surface area contributed by atoms with Crippen molar-refractivity contribution in [1.82, 2.24) is 0 Å². The first-order valence-electron chi connectivity index (χ1n) is 9.32. The van der Waals surface area contributed by atoms with Crippen LogP contribution in [0.3, 0.4) is 0 Å². The lowest BCUT2D eigenvalue weighted by atomic mass is 10.0. The molecule has 4 amide bonds. The topological polar surface area (TPSA) is 82.9 Å². The molecule has 0 fully saturated rings. The zero-order valence-corrected chi connectivity index (χ0v) is 16.7. The number of anilines is 2. The van der Waals surface area contributed by atoms with E-state index in [2.05, 4.69) is 20.6 Å². The summed E-state index contributed by atoms with van der Waals surface area (Å²) in [5.41, 5.74) is 4.68. The number of hydrogen-bond donors (Lipinski definition) is 2. The third kappa shape index (κ3) is 6.16. The maximum absolute atomic E-state index is 12.1. The van der Waals surface area contributed by atoms with E-state index in [-0.39, 0.29) is 12.1 Å². The average Bonchev–Trinajstić information content (AvgIpc) is 2.68. The number of nitrogens with one attached hydrogen (secondary N) is 2. The summed E-state index contributed by atoms with van der Waals surface area (Å²) in [6.45, 7) is 7.55. The molecule has 0 bridgehead atoms. The van der Waals surface area contributed by atoms with E-state index in [1.165, 1.54) is 0 Å². The number of amides is 4. The molecular formula is C22H26N4O2. The molecule has 0 heterocycles. The van der Waals surface area contributed by atoms with Gasteiger partial charge in [-0.15, -0.1) is 0 Å². The minimum atomic E-state index is -0.389. The molecule has 2 N–H and O–H groups in total. The number of rotatable bonds is 5. The van der Waals surface area contributed by atoms with Crippen molar-refractivity contribution in [2.24, 2.45) is 9.98 Å². The van der Waals surface area contributed by atoms with Gasteiger partial charge in [-0.1, -0.05) is 44.2 Å². The quantitative estimate of drug-likeness (QED) is 0.611. The monoisotopic (exact) mass is 378 g/mol. The Hall–Kier alpha value is -3.28. The zero-order valence-electron chi connectivity index (χ0n) is 16.7. The maximum atomic E-state index is 12.1. The first-order valence-corrected chi connectivity index (χ1v) is 9.32. The van der Waals surface area contributed by atoms with Gasteiger partial charge in [-0.2, -0.15) is 0 Å². The van der Waals surface area contributed by atoms with E-state index in [0.29, 0.717) is 11.4 Å². The van der Waals surface area contributed by atoms with Gasteiger partial charge in [-0.3, -0.25) is 0 Å². The maximum Gasteiger partial charge on any atom is 0.345 e. The molecule has 0 saturated heterocycles. The lowest BCUT2D eigenvalue weighted by molar-refractivity contribution is 0.258. The Morgan fingerprint density at radius 1 is 0.786 bits per heavy atom. The van der Waals surface area contributed by atoms with Crippen molar-refractivity contribution < 1.29 is 9.59 Å². The van der Waals surface area contributed by atoms with E-state index in [1.807, 2.05) is 76.2 Å². The Morgan fingerprint density at radius 3 is 1.89 bits per heavy atom. The van der Waals surface area contributed by atoms with Gasteiger partial charge in [0.15, 0.2) is 0 Å². The van der Waals surface area contributed by atoms with Crippen molar-refractivity contribution in [2.45, 2.75) is 40.5 Å². The number of para-hydroxylation sites is 1. The Morgan fingerprint density at radius 2 is 1.32 bits per heavy atom. The van der Waals surface area contributed by atoms with Crippen LogP contribution in [0.5, 0.6) is 0 Å². The van der Waals surface area contributed by atoms with E-state index < -0.39 is 0 Å². The highest BCUT2D eigenvalue weighted by molar-refractivity contribution is 6.02. The molecule has 0 unspecified atom stereocenters. The predicted molar refractivity (Wildman–Crippen MR) is 117 cm³/mol. The largest absolute Gasteiger partial charge is 0.345 e. The molecule has 28 heavy (non-hydrogen) atoms. The van der Waals surface area contributed by atoms with Crippen LogP contribution in [0, 0.1) is 0 Å². The van der Waals surface area contributed by atoms with Crippen LogP contribution in [0.4, 0.5) is 21.0 Å². The van der Waals surface area contributed by atoms with Gasteiger partial charge in [0.2, 0.25) is 0 Å². The highest BCUT2D eigenvalue weighted by Gasteiger charge is 2.08. The third-order valence-corrected chi connectivity index (χ3v) is 4.22. The molecule has 6 heteroatoms. The number of aliphatic imine (C=N–C) groups is 2. The highest BCUT2D eigenvalue weighted by Crippen LogP contribution is 2.29. The Labute approximate surface area is 165 Å². The van der Waals surface area contributed by atoms with Gasteiger partial charge >= 0.3 is 12.1 Å². The second kappa shape index (κ2) is 10.2. The minimum absolute atomic E-state index is 0.385. The van der Waals surface area contributed by atoms with Gasteiger partial charge < -0.3 is 10.6 Å². The fourth-order valence-electron chi connectivity index (χ4n) is 2.38. The molecular weight excluding hydrogens is 352 g/mol. The molecule has 0 atom stereocenters. The summed E-state index contributed by atoms with van der Waals surface area (Å²) in [4.78, 5) is 31.9. The van der Waals surface area contributed by atoms with Gasteiger partial charge in [0.05, 0.1) is 5.69 Å². The molecule has 2 rings (SSSR count). The van der Waals surface area contributed by atoms with Crippen molar-refractivity contribution in [3.8, 4) is 11.1 Å². The standard InChI is InChI=1S/C22H26N4O2/c1-5-15(3)23-21(27)25-18-13-11-17(12-14-18)19-9-7-8-10-20(19)26-22(28)24-16(4)6-2/h7-14H,5-6H2,1-4H3,(H,25,27)(H,26,28)/b23-15-,24-16-. The van der Waals surface area contributed by atoms with Gasteiger partial charge in [-0.25, -0.2) is 19.6 Å². The summed E-state index contributed by atoms with van der Waals surface area (Å²) in [5.74, 6) is 0. The van der Waals surface area contributed by atoms with Crippen LogP contribution in [-0.2, 0) is 0 Å². The molecule has 0 spiro atoms. The number of carbonyl (C=O) groups is 2. The lowest BCUT2D eigenvalue weighted by Crippen LogP contribution is -2.09. The van der Waals surface area contributed by atoms with Crippen molar-refractivity contribution in [3.63, 3.8) is 0 Å². The number of benzene rings is 2. The summed E-state index contributed by atoms with van der Waals surface area (Å²) in [6, 6.07) is 14.1. The van der Waals surface area contributed by atoms with Crippen LogP contribution in [0.25, 0.3) is 11.1 Å². The minimum Gasteiger partial charge on any atom is -0.306 e. The fourth-order valence-corrected chi connectivity index (χ4v) is 2.38. The summed E-state index contributed by atoms with van der Waals surface area (Å²) >= 11 is 0. The number of carbonyl (C=O) groups excluding carboxylic acids is 2. The molecule has 0 aliphatic heterocycles. The van der Waals surface area contributed by atoms with E-state index >= 15 is 0 Å². The molecule has 0 aliphatic carbocycles. The molecule has 6 nitrogen and oxygen atoms in total. The zero-order chi connectivity index (χ0) is 20.5. The fraction of sp³-hybridized carbons (Fsp3) is 0.273. The van der Waals surface area contributed by atoms with Gasteiger partial charge in [0.1, 0.15) is 0 Å². The van der Waals surface area contributed by atoms with Crippen molar-refractivity contribution in [1.29, 1.82) is 0 Å². The van der Waals surface area contributed by atoms with Crippen LogP contribution in [-0.4, -0.2) is 23.5 Å². The third-order valence-electron chi connectivity index (χ3n) is 4.22. The number of nitrogens with zero attached hydrogens (tertiary/aromatic N) is 2. The first-order chi connectivity index (χ1) is 13.4. The number of hydrogen-bond acceptors (Lipinski definition) is 2. The lowest BCUT2D eigenvalue weighted by Gasteiger charge is -2.11. The van der Waals surface area contributed by atoms with Gasteiger partial charge in [0.25, 0.3) is 0 Å². The summed E-state index contributed by atoms with van der Waals surface area (Å²) < 4.78 is 0. The molecule has 0 radical (unpaired) electrons. The second-order valence-electron chi connectivity index (χ2n) is 6.38. The van der Waals surface area contributed by atoms with Crippen LogP contribution in [0.2, 0.25) is 0 Å². The number of urea groups is 2. The van der Waals surface area contributed by atoms with Gasteiger partial charge in [0, 0.05) is 22.7 Å². The summed E-state index contributed by atoms with van der Waals surface area (Å²) in [6.07, 6.45) is 1.46. The molecule has 0 aromatic heterocycles. The van der Waals surface area contributed by atoms with Crippen molar-refractivity contribution >= 4 is 34.9 Å². The Balaban J connectivity index is 2.18. The van der Waals surface area contributed by atoms with Crippen LogP contribution in [0.15, 0.2) is 58.5 Å². The Bertz CT molecular complexity index is 899. The predicted octanol–water partition coefficient (Wildman–Crippen LogP) is 6.16. The van der Waals surface area contributed by atoms with E-state index in [9.17, 15) is 9.59 Å². The molecule has 0 aliphatic rings. The molecule has 146 valence electrons. The summed E-state index contributed by atoms with van der Waals surface area (Å²) in [5, 5.41) is 5.58. The SMILES string of the molecule is CC/C(C)=N\C(=O)Nc1ccc(-c2ccccc2NC(=O)/N=C(/C)CC)cc1. The average molecular weight is 378 g/mol. The molecule has 2 aromatic rings. The van der Waals surface area contributed by atoms with Crippen LogP contribution in [0.1, 0.15) is 40.5 Å². The molecule has 0 saturated carbocycles. The van der Waals surface area contributed by atoms with Crippen molar-refractivity contribution in [3.05, 3.63) is 48.5 Å².